The number of carbonyl (C=O) groups excluding carboxylic acids is 2. The minimum atomic E-state index is -1.10. The number of hydrogen-bond acceptors (Lipinski definition) is 5. The van der Waals surface area contributed by atoms with Gasteiger partial charge in [-0.3, -0.25) is 4.79 Å². The number of halogens is 1. The highest BCUT2D eigenvalue weighted by atomic mass is 35.5. The number of amides is 1. The topological polar surface area (TPSA) is 82.1 Å². The Bertz CT molecular complexity index is 820. The number of nitrogens with one attached hydrogen (secondary N) is 1. The lowest BCUT2D eigenvalue weighted by molar-refractivity contribution is -0.314. The molecule has 0 radical (unpaired) electrons. The molecule has 2 saturated carbocycles. The number of nitrogens with zero attached hydrogens (tertiary/aromatic N) is 1. The second-order valence-electron chi connectivity index (χ2n) is 6.74. The zero-order chi connectivity index (χ0) is 17.6. The zero-order valence-electron chi connectivity index (χ0n) is 13.3. The van der Waals surface area contributed by atoms with Crippen LogP contribution in [0.2, 0.25) is 5.02 Å². The minimum Gasteiger partial charge on any atom is -0.550 e. The third-order valence-corrected chi connectivity index (χ3v) is 6.38. The van der Waals surface area contributed by atoms with Gasteiger partial charge in [-0.25, -0.2) is 4.98 Å². The van der Waals surface area contributed by atoms with Gasteiger partial charge in [0.1, 0.15) is 0 Å². The second-order valence-corrected chi connectivity index (χ2v) is 8.03. The van der Waals surface area contributed by atoms with Gasteiger partial charge in [0.15, 0.2) is 5.13 Å². The Morgan fingerprint density at radius 1 is 1.16 bits per heavy atom. The molecule has 2 bridgehead atoms. The van der Waals surface area contributed by atoms with Crippen LogP contribution in [-0.4, -0.2) is 16.9 Å². The first-order valence-electron chi connectivity index (χ1n) is 8.26. The van der Waals surface area contributed by atoms with Crippen molar-refractivity contribution in [3.8, 4) is 11.3 Å². The summed E-state index contributed by atoms with van der Waals surface area (Å²) in [7, 11) is 0. The predicted octanol–water partition coefficient (Wildman–Crippen LogP) is 2.81. The van der Waals surface area contributed by atoms with Crippen molar-refractivity contribution in [2.45, 2.75) is 19.3 Å². The smallest absolute Gasteiger partial charge is 0.230 e. The molecule has 0 unspecified atom stereocenters. The van der Waals surface area contributed by atoms with Gasteiger partial charge in [0.05, 0.1) is 5.69 Å². The first-order valence-corrected chi connectivity index (χ1v) is 9.52. The lowest BCUT2D eigenvalue weighted by atomic mass is 9.79. The van der Waals surface area contributed by atoms with E-state index in [1.165, 1.54) is 11.3 Å². The van der Waals surface area contributed by atoms with Crippen molar-refractivity contribution in [1.29, 1.82) is 0 Å². The predicted molar refractivity (Wildman–Crippen MR) is 94.0 cm³/mol. The standard InChI is InChI=1S/C18H17ClN2O3S/c19-12-5-3-9(4-6-12)13-8-25-18(20-13)21-16(22)14-10-1-2-11(7-10)15(14)17(23)24/h3-6,8,10-11,14-15H,1-2,7H2,(H,23,24)(H,20,21,22)/p-1/t10-,11-,14+,15-/m0/s1. The van der Waals surface area contributed by atoms with E-state index < -0.39 is 17.8 Å². The monoisotopic (exact) mass is 375 g/mol. The zero-order valence-corrected chi connectivity index (χ0v) is 14.8. The largest absolute Gasteiger partial charge is 0.550 e. The molecule has 0 aliphatic heterocycles. The lowest BCUT2D eigenvalue weighted by Crippen LogP contribution is -2.43. The molecule has 1 aromatic carbocycles. The highest BCUT2D eigenvalue weighted by Crippen LogP contribution is 2.52. The van der Waals surface area contributed by atoms with Crippen LogP contribution in [-0.2, 0) is 9.59 Å². The average Bonchev–Trinajstić information content (AvgIpc) is 3.30. The Balaban J connectivity index is 1.50. The number of aliphatic carboxylic acids is 1. The van der Waals surface area contributed by atoms with Crippen LogP contribution in [0.25, 0.3) is 11.3 Å². The van der Waals surface area contributed by atoms with Crippen LogP contribution < -0.4 is 10.4 Å². The Morgan fingerprint density at radius 2 is 1.84 bits per heavy atom. The molecule has 2 aliphatic rings. The number of hydrogen-bond donors (Lipinski definition) is 1. The van der Waals surface area contributed by atoms with Crippen LogP contribution in [0.1, 0.15) is 19.3 Å². The molecule has 2 aliphatic carbocycles. The molecule has 0 spiro atoms. The number of benzene rings is 1. The summed E-state index contributed by atoms with van der Waals surface area (Å²) in [6.07, 6.45) is 2.61. The first-order chi connectivity index (χ1) is 12.0. The molecule has 1 heterocycles. The second kappa shape index (κ2) is 6.42. The number of thiazole rings is 1. The number of carboxylic acid groups (broad SMARTS) is 1. The summed E-state index contributed by atoms with van der Waals surface area (Å²) in [4.78, 5) is 28.6. The SMILES string of the molecule is O=C(Nc1nc(-c2ccc(Cl)cc2)cs1)[C@@H]1[C@H]2CC[C@@H](C2)[C@@H]1C(=O)[O-]. The maximum Gasteiger partial charge on any atom is 0.230 e. The van der Waals surface area contributed by atoms with Crippen LogP contribution in [0.4, 0.5) is 5.13 Å². The van der Waals surface area contributed by atoms with Crippen molar-refractivity contribution < 1.29 is 14.7 Å². The normalized spacial score (nSPS) is 27.4. The van der Waals surface area contributed by atoms with Crippen LogP contribution >= 0.6 is 22.9 Å². The van der Waals surface area contributed by atoms with E-state index in [1.807, 2.05) is 17.5 Å². The average molecular weight is 376 g/mol. The van der Waals surface area contributed by atoms with Crippen LogP contribution in [0, 0.1) is 23.7 Å². The lowest BCUT2D eigenvalue weighted by Gasteiger charge is -2.30. The molecular weight excluding hydrogens is 360 g/mol. The third kappa shape index (κ3) is 3.04. The highest BCUT2D eigenvalue weighted by Gasteiger charge is 2.51. The molecule has 1 N–H and O–H groups in total. The number of aromatic nitrogens is 1. The van der Waals surface area contributed by atoms with Crippen molar-refractivity contribution in [1.82, 2.24) is 4.98 Å². The van der Waals surface area contributed by atoms with Gasteiger partial charge in [-0.2, -0.15) is 0 Å². The fraction of sp³-hybridized carbons (Fsp3) is 0.389. The van der Waals surface area contributed by atoms with E-state index in [-0.39, 0.29) is 17.7 Å². The summed E-state index contributed by atoms with van der Waals surface area (Å²) in [6.45, 7) is 0. The Kier molecular flexibility index (Phi) is 4.25. The van der Waals surface area contributed by atoms with E-state index in [0.717, 1.165) is 30.5 Å². The van der Waals surface area contributed by atoms with Gasteiger partial charge in [0, 0.05) is 33.8 Å². The molecule has 5 nitrogen and oxygen atoms in total. The number of carboxylic acids is 1. The van der Waals surface area contributed by atoms with Gasteiger partial charge in [0.25, 0.3) is 0 Å². The number of rotatable bonds is 4. The number of fused-ring (bicyclic) bond motifs is 2. The first kappa shape index (κ1) is 16.5. The van der Waals surface area contributed by atoms with Crippen LogP contribution in [0.3, 0.4) is 0 Å². The van der Waals surface area contributed by atoms with E-state index in [0.29, 0.717) is 10.2 Å². The van der Waals surface area contributed by atoms with Gasteiger partial charge in [-0.15, -0.1) is 11.3 Å². The third-order valence-electron chi connectivity index (χ3n) is 5.37. The number of anilines is 1. The van der Waals surface area contributed by atoms with Gasteiger partial charge < -0.3 is 15.2 Å². The number of carbonyl (C=O) groups is 2. The van der Waals surface area contributed by atoms with E-state index >= 15 is 0 Å². The molecule has 1 aromatic heterocycles. The molecule has 2 aromatic rings. The quantitative estimate of drug-likeness (QED) is 0.890. The van der Waals surface area contributed by atoms with E-state index in [4.69, 9.17) is 11.6 Å². The molecule has 25 heavy (non-hydrogen) atoms. The Hall–Kier alpha value is -1.92. The van der Waals surface area contributed by atoms with E-state index in [1.54, 1.807) is 12.1 Å². The van der Waals surface area contributed by atoms with E-state index in [9.17, 15) is 14.7 Å². The maximum absolute atomic E-state index is 12.7. The summed E-state index contributed by atoms with van der Waals surface area (Å²) in [5, 5.41) is 17.3. The summed E-state index contributed by atoms with van der Waals surface area (Å²) >= 11 is 7.21. The van der Waals surface area contributed by atoms with E-state index in [2.05, 4.69) is 10.3 Å². The molecule has 130 valence electrons. The highest BCUT2D eigenvalue weighted by molar-refractivity contribution is 7.14. The summed E-state index contributed by atoms with van der Waals surface area (Å²) in [5.74, 6) is -2.32. The van der Waals surface area contributed by atoms with Gasteiger partial charge in [0.2, 0.25) is 5.91 Å². The molecule has 4 rings (SSSR count). The minimum absolute atomic E-state index is 0.0756. The van der Waals surface area contributed by atoms with Crippen molar-refractivity contribution in [3.05, 3.63) is 34.7 Å². The van der Waals surface area contributed by atoms with Crippen molar-refractivity contribution in [3.63, 3.8) is 0 Å². The molecule has 0 saturated heterocycles. The van der Waals surface area contributed by atoms with Crippen molar-refractivity contribution in [2.24, 2.45) is 23.7 Å². The molecule has 1 amide bonds. The Labute approximate surface area is 154 Å². The van der Waals surface area contributed by atoms with Gasteiger partial charge in [-0.1, -0.05) is 23.7 Å². The maximum atomic E-state index is 12.7. The molecular formula is C18H16ClN2O3S-. The summed E-state index contributed by atoms with van der Waals surface area (Å²) < 4.78 is 0. The fourth-order valence-corrected chi connectivity index (χ4v) is 5.13. The Morgan fingerprint density at radius 3 is 2.52 bits per heavy atom. The van der Waals surface area contributed by atoms with Gasteiger partial charge >= 0.3 is 0 Å². The fourth-order valence-electron chi connectivity index (χ4n) is 4.28. The van der Waals surface area contributed by atoms with Gasteiger partial charge in [-0.05, 0) is 43.2 Å². The summed E-state index contributed by atoms with van der Waals surface area (Å²) in [5.41, 5.74) is 1.66. The van der Waals surface area contributed by atoms with Crippen molar-refractivity contribution >= 4 is 39.9 Å². The molecule has 2 fully saturated rings. The van der Waals surface area contributed by atoms with Crippen molar-refractivity contribution in [2.75, 3.05) is 5.32 Å². The molecule has 7 heteroatoms. The van der Waals surface area contributed by atoms with Crippen LogP contribution in [0.15, 0.2) is 29.6 Å². The summed E-state index contributed by atoms with van der Waals surface area (Å²) in [6, 6.07) is 7.30. The van der Waals surface area contributed by atoms with Crippen LogP contribution in [0.5, 0.6) is 0 Å². The molecule has 4 atom stereocenters.